The fraction of sp³-hybridized carbons (Fsp3) is 0.571. The van der Waals surface area contributed by atoms with Crippen molar-refractivity contribution in [2.75, 3.05) is 7.11 Å². The molecule has 0 heterocycles. The Morgan fingerprint density at radius 3 is 2.00 bits per heavy atom. The molecule has 0 saturated heterocycles. The number of methoxy groups -OCH3 is 1. The molecular weight excluding hydrogens is 208 g/mol. The number of esters is 1. The van der Waals surface area contributed by atoms with Crippen molar-refractivity contribution in [3.8, 4) is 0 Å². The molecule has 0 spiro atoms. The Hall–Kier alpha value is -1.11. The summed E-state index contributed by atoms with van der Waals surface area (Å²) >= 11 is 0. The van der Waals surface area contributed by atoms with Crippen LogP contribution in [0.3, 0.4) is 0 Å². The van der Waals surface area contributed by atoms with Crippen LogP contribution in [-0.2, 0) is 14.3 Å². The Balaban J connectivity index is 4.77. The first kappa shape index (κ1) is 12.9. The van der Waals surface area contributed by atoms with Gasteiger partial charge in [0.25, 0.3) is 0 Å². The van der Waals surface area contributed by atoms with E-state index in [0.717, 1.165) is 6.92 Å². The van der Waals surface area contributed by atoms with E-state index < -0.39 is 23.8 Å². The molecule has 14 heavy (non-hydrogen) atoms. The number of hydrogen-bond acceptors (Lipinski definition) is 3. The van der Waals surface area contributed by atoms with Crippen molar-refractivity contribution in [2.24, 2.45) is 0 Å². The molecule has 3 nitrogen and oxygen atoms in total. The minimum atomic E-state index is -5.04. The molecule has 0 radical (unpaired) electrons. The molecule has 0 N–H and O–H groups in total. The second kappa shape index (κ2) is 3.95. The number of carbonyl (C=O) groups excluding carboxylic acids is 1. The Morgan fingerprint density at radius 1 is 1.29 bits per heavy atom. The van der Waals surface area contributed by atoms with E-state index in [-0.39, 0.29) is 0 Å². The minimum Gasteiger partial charge on any atom is -0.427 e. The van der Waals surface area contributed by atoms with E-state index in [2.05, 4.69) is 16.1 Å². The molecule has 0 amide bonds. The van der Waals surface area contributed by atoms with E-state index in [1.54, 1.807) is 0 Å². The Labute approximate surface area is 77.3 Å². The quantitative estimate of drug-likeness (QED) is 0.409. The van der Waals surface area contributed by atoms with Gasteiger partial charge in [-0.3, -0.25) is 0 Å². The SMILES string of the molecule is C=C(C)OC(=O)C(F)(F)C(F)(F)OC. The number of ether oxygens (including phenoxy) is 2. The second-order valence-electron chi connectivity index (χ2n) is 2.39. The Kier molecular flexibility index (Phi) is 3.64. The van der Waals surface area contributed by atoms with Crippen molar-refractivity contribution in [1.29, 1.82) is 0 Å². The van der Waals surface area contributed by atoms with Gasteiger partial charge in [-0.2, -0.15) is 17.6 Å². The van der Waals surface area contributed by atoms with E-state index in [0.29, 0.717) is 7.11 Å². The van der Waals surface area contributed by atoms with Crippen molar-refractivity contribution in [3.05, 3.63) is 12.3 Å². The normalized spacial score (nSPS) is 12.4. The van der Waals surface area contributed by atoms with Crippen molar-refractivity contribution in [3.63, 3.8) is 0 Å². The molecule has 0 aliphatic heterocycles. The smallest absolute Gasteiger partial charge is 0.427 e. The van der Waals surface area contributed by atoms with Crippen LogP contribution in [0.25, 0.3) is 0 Å². The lowest BCUT2D eigenvalue weighted by molar-refractivity contribution is -0.329. The molecule has 0 unspecified atom stereocenters. The van der Waals surface area contributed by atoms with Crippen LogP contribution in [0.15, 0.2) is 12.3 Å². The molecule has 0 aromatic rings. The van der Waals surface area contributed by atoms with E-state index >= 15 is 0 Å². The maximum atomic E-state index is 12.6. The molecule has 0 rings (SSSR count). The molecule has 7 heteroatoms. The van der Waals surface area contributed by atoms with Crippen LogP contribution in [-0.4, -0.2) is 25.1 Å². The molecule has 0 aliphatic carbocycles. The van der Waals surface area contributed by atoms with Crippen LogP contribution in [0.1, 0.15) is 6.92 Å². The Bertz CT molecular complexity index is 249. The summed E-state index contributed by atoms with van der Waals surface area (Å²) in [7, 11) is 0.349. The van der Waals surface area contributed by atoms with E-state index in [9.17, 15) is 22.4 Å². The minimum absolute atomic E-state index is 0.349. The van der Waals surface area contributed by atoms with Crippen LogP contribution in [0.5, 0.6) is 0 Å². The van der Waals surface area contributed by atoms with Crippen molar-refractivity contribution in [1.82, 2.24) is 0 Å². The third-order valence-electron chi connectivity index (χ3n) is 1.15. The summed E-state index contributed by atoms with van der Waals surface area (Å²) in [6.45, 7) is 4.02. The standard InChI is InChI=1S/C7H8F4O3/c1-4(2)14-5(12)6(8,9)7(10,11)13-3/h1H2,2-3H3. The first-order valence-electron chi connectivity index (χ1n) is 3.33. The lowest BCUT2D eigenvalue weighted by Gasteiger charge is -2.22. The van der Waals surface area contributed by atoms with Gasteiger partial charge in [0.2, 0.25) is 0 Å². The van der Waals surface area contributed by atoms with Gasteiger partial charge < -0.3 is 9.47 Å². The van der Waals surface area contributed by atoms with Gasteiger partial charge in [0.15, 0.2) is 0 Å². The second-order valence-corrected chi connectivity index (χ2v) is 2.39. The number of hydrogen-bond donors (Lipinski definition) is 0. The zero-order valence-electron chi connectivity index (χ0n) is 7.44. The van der Waals surface area contributed by atoms with Gasteiger partial charge in [-0.1, -0.05) is 6.58 Å². The highest BCUT2D eigenvalue weighted by Gasteiger charge is 2.64. The highest BCUT2D eigenvalue weighted by Crippen LogP contribution is 2.35. The predicted molar refractivity (Wildman–Crippen MR) is 37.8 cm³/mol. The predicted octanol–water partition coefficient (Wildman–Crippen LogP) is 1.94. The van der Waals surface area contributed by atoms with Crippen LogP contribution in [0, 0.1) is 0 Å². The van der Waals surface area contributed by atoms with E-state index in [4.69, 9.17) is 0 Å². The number of alkyl halides is 4. The highest BCUT2D eigenvalue weighted by atomic mass is 19.3. The van der Waals surface area contributed by atoms with E-state index in [1.165, 1.54) is 0 Å². The lowest BCUT2D eigenvalue weighted by atomic mass is 10.3. The summed E-state index contributed by atoms with van der Waals surface area (Å²) < 4.78 is 56.7. The van der Waals surface area contributed by atoms with Crippen molar-refractivity contribution < 1.29 is 31.8 Å². The van der Waals surface area contributed by atoms with Crippen LogP contribution in [0.4, 0.5) is 17.6 Å². The zero-order valence-corrected chi connectivity index (χ0v) is 7.44. The first-order valence-corrected chi connectivity index (χ1v) is 3.33. The topological polar surface area (TPSA) is 35.5 Å². The van der Waals surface area contributed by atoms with Gasteiger partial charge in [0, 0.05) is 7.11 Å². The van der Waals surface area contributed by atoms with Gasteiger partial charge in [0.1, 0.15) is 0 Å². The van der Waals surface area contributed by atoms with Crippen LogP contribution >= 0.6 is 0 Å². The zero-order chi connectivity index (χ0) is 11.6. The lowest BCUT2D eigenvalue weighted by Crippen LogP contribution is -2.49. The van der Waals surface area contributed by atoms with Gasteiger partial charge >= 0.3 is 18.0 Å². The van der Waals surface area contributed by atoms with Gasteiger partial charge in [-0.25, -0.2) is 4.79 Å². The highest BCUT2D eigenvalue weighted by molar-refractivity contribution is 5.79. The summed E-state index contributed by atoms with van der Waals surface area (Å²) in [6, 6.07) is 0. The van der Waals surface area contributed by atoms with Gasteiger partial charge in [-0.05, 0) is 6.92 Å². The van der Waals surface area contributed by atoms with Gasteiger partial charge in [0.05, 0.1) is 5.76 Å². The Morgan fingerprint density at radius 2 is 1.71 bits per heavy atom. The number of carbonyl (C=O) groups is 1. The average Bonchev–Trinajstić information content (AvgIpc) is 2.02. The number of allylic oxidation sites excluding steroid dienone is 1. The maximum Gasteiger partial charge on any atom is 0.431 e. The molecular formula is C7H8F4O3. The molecule has 0 fully saturated rings. The van der Waals surface area contributed by atoms with Crippen LogP contribution < -0.4 is 0 Å². The van der Waals surface area contributed by atoms with Gasteiger partial charge in [-0.15, -0.1) is 0 Å². The maximum absolute atomic E-state index is 12.6. The summed E-state index contributed by atoms with van der Waals surface area (Å²) in [4.78, 5) is 10.5. The number of halogens is 4. The summed E-state index contributed by atoms with van der Waals surface area (Å²) in [6.07, 6.45) is -4.90. The molecule has 0 bridgehead atoms. The third-order valence-corrected chi connectivity index (χ3v) is 1.15. The monoisotopic (exact) mass is 216 g/mol. The molecule has 82 valence electrons. The molecule has 0 aromatic heterocycles. The molecule has 0 saturated carbocycles. The van der Waals surface area contributed by atoms with E-state index in [1.807, 2.05) is 0 Å². The average molecular weight is 216 g/mol. The largest absolute Gasteiger partial charge is 0.431 e. The van der Waals surface area contributed by atoms with Crippen LogP contribution in [0.2, 0.25) is 0 Å². The fourth-order valence-corrected chi connectivity index (χ4v) is 0.469. The first-order chi connectivity index (χ1) is 6.15. The summed E-state index contributed by atoms with van der Waals surface area (Å²) in [5.74, 6) is -7.86. The molecule has 0 aliphatic rings. The third kappa shape index (κ3) is 2.44. The molecule has 0 aromatic carbocycles. The number of rotatable bonds is 4. The summed E-state index contributed by atoms with van der Waals surface area (Å²) in [5, 5.41) is 0. The fourth-order valence-electron chi connectivity index (χ4n) is 0.469. The van der Waals surface area contributed by atoms with Crippen molar-refractivity contribution in [2.45, 2.75) is 19.0 Å². The van der Waals surface area contributed by atoms with Crippen molar-refractivity contribution >= 4 is 5.97 Å². The summed E-state index contributed by atoms with van der Waals surface area (Å²) in [5.41, 5.74) is 0. The molecule has 0 atom stereocenters.